The van der Waals surface area contributed by atoms with Gasteiger partial charge in [0.25, 0.3) is 0 Å². The number of hydrogen-bond donors (Lipinski definition) is 1. The monoisotopic (exact) mass is 293 g/mol. The second kappa shape index (κ2) is 5.38. The predicted octanol–water partition coefficient (Wildman–Crippen LogP) is 3.24. The first-order chi connectivity index (χ1) is 9.22. The number of thioether (sulfide) groups is 2. The molecule has 0 unspecified atom stereocenters. The van der Waals surface area contributed by atoms with Gasteiger partial charge in [0, 0.05) is 22.0 Å². The van der Waals surface area contributed by atoms with E-state index >= 15 is 0 Å². The summed E-state index contributed by atoms with van der Waals surface area (Å²) in [7, 11) is 0. The number of fused-ring (bicyclic) bond motifs is 1. The molecule has 0 saturated carbocycles. The number of rotatable bonds is 3. The molecular weight excluding hydrogens is 281 g/mol. The van der Waals surface area contributed by atoms with Gasteiger partial charge in [0.1, 0.15) is 17.5 Å². The quantitative estimate of drug-likeness (QED) is 0.880. The molecular formula is C13H12FN3S2. The lowest BCUT2D eigenvalue weighted by molar-refractivity contribution is 0.626. The van der Waals surface area contributed by atoms with E-state index in [2.05, 4.69) is 9.97 Å². The molecule has 0 atom stereocenters. The van der Waals surface area contributed by atoms with Gasteiger partial charge in [0.05, 0.1) is 11.4 Å². The average molecular weight is 293 g/mol. The van der Waals surface area contributed by atoms with Crippen LogP contribution in [-0.2, 0) is 17.3 Å². The van der Waals surface area contributed by atoms with E-state index in [0.29, 0.717) is 11.6 Å². The summed E-state index contributed by atoms with van der Waals surface area (Å²) < 4.78 is 12.8. The molecule has 2 heterocycles. The molecule has 6 heteroatoms. The van der Waals surface area contributed by atoms with Gasteiger partial charge in [-0.15, -0.1) is 11.8 Å². The van der Waals surface area contributed by atoms with Crippen molar-refractivity contribution in [1.82, 2.24) is 9.97 Å². The van der Waals surface area contributed by atoms with E-state index in [1.807, 2.05) is 11.8 Å². The Morgan fingerprint density at radius 1 is 1.21 bits per heavy atom. The molecule has 0 radical (unpaired) electrons. The molecule has 2 aromatic rings. The summed E-state index contributed by atoms with van der Waals surface area (Å²) in [5.74, 6) is 3.59. The van der Waals surface area contributed by atoms with Crippen molar-refractivity contribution in [3.63, 3.8) is 0 Å². The Labute approximate surface area is 119 Å². The molecule has 0 amide bonds. The number of aromatic nitrogens is 2. The third kappa shape index (κ3) is 2.84. The van der Waals surface area contributed by atoms with Crippen LogP contribution in [0.15, 0.2) is 29.2 Å². The molecule has 1 aliphatic heterocycles. The zero-order chi connectivity index (χ0) is 13.2. The molecule has 2 N–H and O–H groups in total. The minimum Gasteiger partial charge on any atom is -0.383 e. The van der Waals surface area contributed by atoms with Crippen LogP contribution in [0.5, 0.6) is 0 Å². The molecule has 98 valence electrons. The molecule has 0 aliphatic carbocycles. The smallest absolute Gasteiger partial charge is 0.141 e. The summed E-state index contributed by atoms with van der Waals surface area (Å²) in [5.41, 5.74) is 8.08. The third-order valence-electron chi connectivity index (χ3n) is 2.84. The van der Waals surface area contributed by atoms with Crippen LogP contribution in [0.3, 0.4) is 0 Å². The number of halogens is 1. The Morgan fingerprint density at radius 3 is 2.79 bits per heavy atom. The number of nitrogens with zero attached hydrogens (tertiary/aromatic N) is 2. The lowest BCUT2D eigenvalue weighted by Gasteiger charge is -2.06. The largest absolute Gasteiger partial charge is 0.383 e. The van der Waals surface area contributed by atoms with E-state index in [0.717, 1.165) is 33.5 Å². The number of benzene rings is 1. The fraction of sp³-hybridized carbons (Fsp3) is 0.231. The van der Waals surface area contributed by atoms with Gasteiger partial charge >= 0.3 is 0 Å². The first-order valence-corrected chi connectivity index (χ1v) is 7.96. The second-order valence-electron chi connectivity index (χ2n) is 4.19. The first kappa shape index (κ1) is 12.7. The fourth-order valence-electron chi connectivity index (χ4n) is 1.87. The Hall–Kier alpha value is -1.27. The number of hydrogen-bond acceptors (Lipinski definition) is 5. The van der Waals surface area contributed by atoms with Crippen molar-refractivity contribution >= 4 is 29.3 Å². The highest BCUT2D eigenvalue weighted by Gasteiger charge is 2.18. The van der Waals surface area contributed by atoms with Crippen LogP contribution in [0, 0.1) is 5.82 Å². The van der Waals surface area contributed by atoms with Crippen LogP contribution >= 0.6 is 23.5 Å². The lowest BCUT2D eigenvalue weighted by atomic mass is 10.2. The molecule has 0 bridgehead atoms. The minimum atomic E-state index is -0.223. The van der Waals surface area contributed by atoms with Gasteiger partial charge in [-0.3, -0.25) is 0 Å². The fourth-order valence-corrected chi connectivity index (χ4v) is 3.68. The Kier molecular flexibility index (Phi) is 3.61. The molecule has 0 spiro atoms. The zero-order valence-corrected chi connectivity index (χ0v) is 11.7. The van der Waals surface area contributed by atoms with Gasteiger partial charge in [-0.1, -0.05) is 0 Å². The summed E-state index contributed by atoms with van der Waals surface area (Å²) in [6, 6.07) is 6.42. The molecule has 1 aliphatic rings. The minimum absolute atomic E-state index is 0.223. The summed E-state index contributed by atoms with van der Waals surface area (Å²) in [6.45, 7) is 0. The SMILES string of the molecule is Nc1nc(CSc2ccc(F)cc2)nc2c1CSC2. The number of nitrogen functional groups attached to an aromatic ring is 1. The highest BCUT2D eigenvalue weighted by Crippen LogP contribution is 2.32. The molecule has 0 fully saturated rings. The normalized spacial score (nSPS) is 13.5. The standard InChI is InChI=1S/C13H12FN3S2/c14-8-1-3-9(4-2-8)19-7-12-16-11-6-18-5-10(11)13(15)17-12/h1-4H,5-7H2,(H2,15,16,17). The van der Waals surface area contributed by atoms with Gasteiger partial charge in [-0.2, -0.15) is 11.8 Å². The molecule has 1 aromatic carbocycles. The van der Waals surface area contributed by atoms with E-state index < -0.39 is 0 Å². The third-order valence-corrected chi connectivity index (χ3v) is 4.82. The van der Waals surface area contributed by atoms with E-state index in [-0.39, 0.29) is 5.82 Å². The molecule has 3 rings (SSSR count). The maximum absolute atomic E-state index is 12.8. The summed E-state index contributed by atoms with van der Waals surface area (Å²) in [6.07, 6.45) is 0. The Morgan fingerprint density at radius 2 is 2.00 bits per heavy atom. The van der Waals surface area contributed by atoms with Crippen molar-refractivity contribution in [2.75, 3.05) is 5.73 Å². The molecule has 1 aromatic heterocycles. The summed E-state index contributed by atoms with van der Waals surface area (Å²) in [5, 5.41) is 0. The molecule has 0 saturated heterocycles. The van der Waals surface area contributed by atoms with Gasteiger partial charge in [-0.25, -0.2) is 14.4 Å². The summed E-state index contributed by atoms with van der Waals surface area (Å²) in [4.78, 5) is 9.87. The predicted molar refractivity (Wildman–Crippen MR) is 77.4 cm³/mol. The van der Waals surface area contributed by atoms with Crippen LogP contribution < -0.4 is 5.73 Å². The van der Waals surface area contributed by atoms with E-state index in [1.54, 1.807) is 23.9 Å². The van der Waals surface area contributed by atoms with Crippen LogP contribution in [-0.4, -0.2) is 9.97 Å². The van der Waals surface area contributed by atoms with Crippen LogP contribution in [0.2, 0.25) is 0 Å². The van der Waals surface area contributed by atoms with Crippen molar-refractivity contribution in [2.24, 2.45) is 0 Å². The molecule has 19 heavy (non-hydrogen) atoms. The maximum atomic E-state index is 12.8. The van der Waals surface area contributed by atoms with Crippen molar-refractivity contribution < 1.29 is 4.39 Å². The van der Waals surface area contributed by atoms with Crippen molar-refractivity contribution in [1.29, 1.82) is 0 Å². The zero-order valence-electron chi connectivity index (χ0n) is 10.1. The number of nitrogens with two attached hydrogens (primary N) is 1. The topological polar surface area (TPSA) is 51.8 Å². The average Bonchev–Trinajstić information content (AvgIpc) is 2.87. The Balaban J connectivity index is 1.73. The Bertz CT molecular complexity index is 602. The first-order valence-electron chi connectivity index (χ1n) is 5.82. The van der Waals surface area contributed by atoms with Gasteiger partial charge in [0.15, 0.2) is 0 Å². The van der Waals surface area contributed by atoms with Gasteiger partial charge < -0.3 is 5.73 Å². The van der Waals surface area contributed by atoms with Crippen LogP contribution in [0.4, 0.5) is 10.2 Å². The highest BCUT2D eigenvalue weighted by atomic mass is 32.2. The second-order valence-corrected chi connectivity index (χ2v) is 6.22. The summed E-state index contributed by atoms with van der Waals surface area (Å²) >= 11 is 3.39. The van der Waals surface area contributed by atoms with Gasteiger partial charge in [0.2, 0.25) is 0 Å². The van der Waals surface area contributed by atoms with Crippen molar-refractivity contribution in [3.05, 3.63) is 47.2 Å². The highest BCUT2D eigenvalue weighted by molar-refractivity contribution is 7.98. The van der Waals surface area contributed by atoms with Crippen molar-refractivity contribution in [2.45, 2.75) is 22.2 Å². The van der Waals surface area contributed by atoms with Crippen LogP contribution in [0.1, 0.15) is 17.1 Å². The van der Waals surface area contributed by atoms with Crippen LogP contribution in [0.25, 0.3) is 0 Å². The lowest BCUT2D eigenvalue weighted by Crippen LogP contribution is -2.04. The van der Waals surface area contributed by atoms with E-state index in [4.69, 9.17) is 5.73 Å². The molecule has 3 nitrogen and oxygen atoms in total. The number of anilines is 1. The van der Waals surface area contributed by atoms with E-state index in [1.165, 1.54) is 12.1 Å². The van der Waals surface area contributed by atoms with Crippen molar-refractivity contribution in [3.8, 4) is 0 Å². The van der Waals surface area contributed by atoms with E-state index in [9.17, 15) is 4.39 Å². The maximum Gasteiger partial charge on any atom is 0.141 e. The van der Waals surface area contributed by atoms with Gasteiger partial charge in [-0.05, 0) is 24.3 Å².